The molecule has 0 amide bonds. The number of fused-ring (bicyclic) bond motifs is 1. The smallest absolute Gasteiger partial charge is 0.133 e. The van der Waals surface area contributed by atoms with Gasteiger partial charge in [0, 0.05) is 30.9 Å². The Hall–Kier alpha value is -1.13. The molecule has 18 heavy (non-hydrogen) atoms. The summed E-state index contributed by atoms with van der Waals surface area (Å²) in [6.07, 6.45) is 4.69. The maximum Gasteiger partial charge on any atom is 0.133 e. The van der Waals surface area contributed by atoms with E-state index in [-0.39, 0.29) is 6.61 Å². The minimum absolute atomic E-state index is 0.149. The SMILES string of the molecule is CCN(CCO)c1nc2c(cc1CN)CCCC2. The number of hydrogen-bond acceptors (Lipinski definition) is 4. The first-order valence-corrected chi connectivity index (χ1v) is 6.87. The third-order valence-corrected chi connectivity index (χ3v) is 3.63. The molecular weight excluding hydrogens is 226 g/mol. The Morgan fingerprint density at radius 3 is 2.83 bits per heavy atom. The summed E-state index contributed by atoms with van der Waals surface area (Å²) < 4.78 is 0. The van der Waals surface area contributed by atoms with Crippen LogP contribution in [0.5, 0.6) is 0 Å². The lowest BCUT2D eigenvalue weighted by atomic mass is 9.94. The second-order valence-electron chi connectivity index (χ2n) is 4.79. The average Bonchev–Trinajstić information content (AvgIpc) is 2.43. The van der Waals surface area contributed by atoms with E-state index in [0.29, 0.717) is 13.1 Å². The lowest BCUT2D eigenvalue weighted by molar-refractivity contribution is 0.302. The molecule has 1 heterocycles. The van der Waals surface area contributed by atoms with Gasteiger partial charge >= 0.3 is 0 Å². The molecule has 0 aromatic carbocycles. The van der Waals surface area contributed by atoms with E-state index in [1.165, 1.54) is 24.1 Å². The van der Waals surface area contributed by atoms with Crippen LogP contribution in [0.4, 0.5) is 5.82 Å². The molecule has 0 unspecified atom stereocenters. The molecule has 0 aliphatic heterocycles. The molecule has 4 nitrogen and oxygen atoms in total. The largest absolute Gasteiger partial charge is 0.395 e. The molecule has 100 valence electrons. The molecule has 2 rings (SSSR count). The Morgan fingerprint density at radius 1 is 1.39 bits per heavy atom. The summed E-state index contributed by atoms with van der Waals surface area (Å²) in [5.74, 6) is 0.967. The van der Waals surface area contributed by atoms with Crippen LogP contribution >= 0.6 is 0 Å². The molecule has 4 heteroatoms. The highest BCUT2D eigenvalue weighted by Crippen LogP contribution is 2.26. The summed E-state index contributed by atoms with van der Waals surface area (Å²) in [5, 5.41) is 9.13. The number of aliphatic hydroxyl groups excluding tert-OH is 1. The van der Waals surface area contributed by atoms with Gasteiger partial charge in [-0.15, -0.1) is 0 Å². The predicted octanol–water partition coefficient (Wildman–Crippen LogP) is 1.24. The van der Waals surface area contributed by atoms with Crippen molar-refractivity contribution in [2.45, 2.75) is 39.2 Å². The molecule has 0 atom stereocenters. The van der Waals surface area contributed by atoms with Crippen molar-refractivity contribution in [3.05, 3.63) is 22.9 Å². The van der Waals surface area contributed by atoms with Gasteiger partial charge in [-0.05, 0) is 44.2 Å². The number of aliphatic hydroxyl groups is 1. The average molecular weight is 249 g/mol. The zero-order chi connectivity index (χ0) is 13.0. The maximum atomic E-state index is 9.13. The summed E-state index contributed by atoms with van der Waals surface area (Å²) >= 11 is 0. The number of hydrogen-bond donors (Lipinski definition) is 2. The zero-order valence-corrected chi connectivity index (χ0v) is 11.2. The van der Waals surface area contributed by atoms with Crippen molar-refractivity contribution in [1.29, 1.82) is 0 Å². The number of aromatic nitrogens is 1. The molecule has 1 aromatic rings. The molecule has 3 N–H and O–H groups in total. The quantitative estimate of drug-likeness (QED) is 0.824. The van der Waals surface area contributed by atoms with Gasteiger partial charge in [-0.1, -0.05) is 0 Å². The molecule has 0 saturated carbocycles. The highest BCUT2D eigenvalue weighted by molar-refractivity contribution is 5.50. The van der Waals surface area contributed by atoms with Gasteiger partial charge in [0.1, 0.15) is 5.82 Å². The Balaban J connectivity index is 2.38. The number of pyridine rings is 1. The summed E-state index contributed by atoms with van der Waals surface area (Å²) in [5.41, 5.74) is 9.54. The monoisotopic (exact) mass is 249 g/mol. The second kappa shape index (κ2) is 6.16. The molecule has 1 aromatic heterocycles. The fourth-order valence-electron chi connectivity index (χ4n) is 2.63. The van der Waals surface area contributed by atoms with Crippen molar-refractivity contribution in [3.8, 4) is 0 Å². The van der Waals surface area contributed by atoms with Gasteiger partial charge in [0.2, 0.25) is 0 Å². The molecular formula is C14H23N3O. The number of anilines is 1. The highest BCUT2D eigenvalue weighted by Gasteiger charge is 2.17. The fourth-order valence-corrected chi connectivity index (χ4v) is 2.63. The van der Waals surface area contributed by atoms with Crippen LogP contribution < -0.4 is 10.6 Å². The number of rotatable bonds is 5. The van der Waals surface area contributed by atoms with Crippen molar-refractivity contribution in [3.63, 3.8) is 0 Å². The lowest BCUT2D eigenvalue weighted by Crippen LogP contribution is -2.29. The van der Waals surface area contributed by atoms with Crippen LogP contribution in [-0.2, 0) is 19.4 Å². The van der Waals surface area contributed by atoms with E-state index in [1.54, 1.807) is 0 Å². The van der Waals surface area contributed by atoms with E-state index < -0.39 is 0 Å². The van der Waals surface area contributed by atoms with Gasteiger partial charge in [0.25, 0.3) is 0 Å². The van der Waals surface area contributed by atoms with E-state index in [9.17, 15) is 0 Å². The zero-order valence-electron chi connectivity index (χ0n) is 11.2. The Morgan fingerprint density at radius 2 is 2.17 bits per heavy atom. The van der Waals surface area contributed by atoms with Gasteiger partial charge in [0.15, 0.2) is 0 Å². The molecule has 1 aliphatic rings. The van der Waals surface area contributed by atoms with Gasteiger partial charge in [-0.2, -0.15) is 0 Å². The van der Waals surface area contributed by atoms with Crippen molar-refractivity contribution in [1.82, 2.24) is 4.98 Å². The van der Waals surface area contributed by atoms with Gasteiger partial charge in [-0.3, -0.25) is 0 Å². The maximum absolute atomic E-state index is 9.13. The van der Waals surface area contributed by atoms with Gasteiger partial charge in [0.05, 0.1) is 6.61 Å². The van der Waals surface area contributed by atoms with Crippen LogP contribution in [0.1, 0.15) is 36.6 Å². The first-order valence-electron chi connectivity index (χ1n) is 6.87. The summed E-state index contributed by atoms with van der Waals surface area (Å²) in [7, 11) is 0. The highest BCUT2D eigenvalue weighted by atomic mass is 16.3. The standard InChI is InChI=1S/C14H23N3O/c1-2-17(7-8-18)14-12(10-15)9-11-5-3-4-6-13(11)16-14/h9,18H,2-8,10,15H2,1H3. The third-order valence-electron chi connectivity index (χ3n) is 3.63. The first kappa shape index (κ1) is 13.3. The minimum Gasteiger partial charge on any atom is -0.395 e. The summed E-state index contributed by atoms with van der Waals surface area (Å²) in [4.78, 5) is 6.92. The van der Waals surface area contributed by atoms with Crippen LogP contribution in [-0.4, -0.2) is 29.8 Å². The van der Waals surface area contributed by atoms with Crippen LogP contribution in [0.15, 0.2) is 6.07 Å². The van der Waals surface area contributed by atoms with Crippen molar-refractivity contribution >= 4 is 5.82 Å². The van der Waals surface area contributed by atoms with Crippen LogP contribution in [0.3, 0.4) is 0 Å². The van der Waals surface area contributed by atoms with Gasteiger partial charge < -0.3 is 15.7 Å². The molecule has 0 spiro atoms. The van der Waals surface area contributed by atoms with Crippen LogP contribution in [0.2, 0.25) is 0 Å². The molecule has 0 saturated heterocycles. The third kappa shape index (κ3) is 2.65. The fraction of sp³-hybridized carbons (Fsp3) is 0.643. The van der Waals surface area contributed by atoms with Gasteiger partial charge in [-0.25, -0.2) is 4.98 Å². The minimum atomic E-state index is 0.149. The molecule has 0 fully saturated rings. The lowest BCUT2D eigenvalue weighted by Gasteiger charge is -2.26. The van der Waals surface area contributed by atoms with E-state index in [1.807, 2.05) is 0 Å². The normalized spacial score (nSPS) is 14.4. The summed E-state index contributed by atoms with van der Waals surface area (Å²) in [6, 6.07) is 2.22. The number of nitrogens with two attached hydrogens (primary N) is 1. The topological polar surface area (TPSA) is 62.4 Å². The first-order chi connectivity index (χ1) is 8.80. The summed E-state index contributed by atoms with van der Waals surface area (Å²) in [6.45, 7) is 4.21. The molecule has 0 bridgehead atoms. The Labute approximate surface area is 109 Å². The second-order valence-corrected chi connectivity index (χ2v) is 4.79. The Bertz CT molecular complexity index is 406. The van der Waals surface area contributed by atoms with E-state index in [0.717, 1.165) is 30.8 Å². The predicted molar refractivity (Wildman–Crippen MR) is 73.7 cm³/mol. The van der Waals surface area contributed by atoms with Crippen molar-refractivity contribution in [2.24, 2.45) is 5.73 Å². The molecule has 0 radical (unpaired) electrons. The Kier molecular flexibility index (Phi) is 4.55. The van der Waals surface area contributed by atoms with E-state index in [2.05, 4.69) is 17.9 Å². The number of aryl methyl sites for hydroxylation is 2. The van der Waals surface area contributed by atoms with Crippen molar-refractivity contribution in [2.75, 3.05) is 24.6 Å². The van der Waals surface area contributed by atoms with Crippen LogP contribution in [0, 0.1) is 0 Å². The van der Waals surface area contributed by atoms with Crippen molar-refractivity contribution < 1.29 is 5.11 Å². The molecule has 1 aliphatic carbocycles. The van der Waals surface area contributed by atoms with E-state index in [4.69, 9.17) is 15.8 Å². The van der Waals surface area contributed by atoms with Crippen LogP contribution in [0.25, 0.3) is 0 Å². The number of nitrogens with zero attached hydrogens (tertiary/aromatic N) is 2. The number of likely N-dealkylation sites (N-methyl/N-ethyl adjacent to an activating group) is 1. The van der Waals surface area contributed by atoms with E-state index >= 15 is 0 Å².